The first-order chi connectivity index (χ1) is 26.7. The van der Waals surface area contributed by atoms with Gasteiger partial charge in [0.15, 0.2) is 0 Å². The van der Waals surface area contributed by atoms with Gasteiger partial charge in [-0.15, -0.1) is 0 Å². The molecule has 0 saturated heterocycles. The first-order valence-electron chi connectivity index (χ1n) is 19.9. The molecule has 260 valence electrons. The van der Waals surface area contributed by atoms with Crippen molar-refractivity contribution in [3.63, 3.8) is 0 Å². The zero-order valence-corrected chi connectivity index (χ0v) is 30.3. The average Bonchev–Trinajstić information content (AvgIpc) is 3.74. The molecule has 1 spiro atoms. The van der Waals surface area contributed by atoms with Crippen LogP contribution in [0.15, 0.2) is 168 Å². The summed E-state index contributed by atoms with van der Waals surface area (Å²) in [5, 5.41) is 2.28. The summed E-state index contributed by atoms with van der Waals surface area (Å²) in [5.41, 5.74) is 16.6. The van der Waals surface area contributed by atoms with E-state index in [9.17, 15) is 0 Å². The van der Waals surface area contributed by atoms with Crippen molar-refractivity contribution in [2.45, 2.75) is 37.5 Å². The van der Waals surface area contributed by atoms with Crippen LogP contribution in [0.5, 0.6) is 0 Å². The van der Waals surface area contributed by atoms with Crippen LogP contribution in [0.2, 0.25) is 0 Å². The zero-order chi connectivity index (χ0) is 35.4. The number of hydrogen-bond donors (Lipinski definition) is 0. The second kappa shape index (κ2) is 11.6. The third-order valence-electron chi connectivity index (χ3n) is 13.8. The molecule has 0 atom stereocenters. The van der Waals surface area contributed by atoms with Gasteiger partial charge in [0.1, 0.15) is 11.2 Å². The maximum absolute atomic E-state index is 6.31. The van der Waals surface area contributed by atoms with Crippen LogP contribution in [0, 0.1) is 23.7 Å². The van der Waals surface area contributed by atoms with Gasteiger partial charge in [-0.3, -0.25) is 0 Å². The fourth-order valence-corrected chi connectivity index (χ4v) is 12.0. The lowest BCUT2D eigenvalue weighted by atomic mass is 9.43. The lowest BCUT2D eigenvalue weighted by Crippen LogP contribution is -2.55. The molecule has 2 nitrogen and oxygen atoms in total. The van der Waals surface area contributed by atoms with Gasteiger partial charge in [-0.05, 0) is 149 Å². The molecular weight excluding hydrogens is 655 g/mol. The van der Waals surface area contributed by atoms with Crippen LogP contribution in [0.3, 0.4) is 0 Å². The third-order valence-corrected chi connectivity index (χ3v) is 13.8. The minimum atomic E-state index is 0.0954. The van der Waals surface area contributed by atoms with Gasteiger partial charge in [0, 0.05) is 33.2 Å². The van der Waals surface area contributed by atoms with Crippen molar-refractivity contribution in [2.75, 3.05) is 4.90 Å². The summed E-state index contributed by atoms with van der Waals surface area (Å²) in [5.74, 6) is 3.24. The molecule has 4 bridgehead atoms. The van der Waals surface area contributed by atoms with Gasteiger partial charge in [-0.1, -0.05) is 115 Å². The molecule has 4 fully saturated rings. The first-order valence-corrected chi connectivity index (χ1v) is 19.9. The summed E-state index contributed by atoms with van der Waals surface area (Å²) < 4.78 is 6.31. The smallest absolute Gasteiger partial charge is 0.135 e. The Bertz CT molecular complexity index is 2690. The largest absolute Gasteiger partial charge is 0.456 e. The quantitative estimate of drug-likeness (QED) is 0.178. The SMILES string of the molecule is c1ccc(-c2ccc(N(c3ccc4c(c3)-c3c(-c5ccccc5)cccc3C43C4CC5CC(C4)CC3C5)c3ccc4oc5ccccc5c4c3)cc2)cc1. The van der Waals surface area contributed by atoms with Crippen LogP contribution in [-0.4, -0.2) is 0 Å². The normalized spacial score (nSPS) is 23.3. The highest BCUT2D eigenvalue weighted by Gasteiger charge is 2.61. The van der Waals surface area contributed by atoms with Crippen molar-refractivity contribution in [1.29, 1.82) is 0 Å². The Hall–Kier alpha value is -5.86. The van der Waals surface area contributed by atoms with E-state index >= 15 is 0 Å². The van der Waals surface area contributed by atoms with Crippen LogP contribution in [0.1, 0.15) is 43.2 Å². The maximum atomic E-state index is 6.31. The molecule has 4 saturated carbocycles. The fraction of sp³-hybridized carbons (Fsp3) is 0.192. The molecule has 54 heavy (non-hydrogen) atoms. The van der Waals surface area contributed by atoms with Crippen molar-refractivity contribution < 1.29 is 4.42 Å². The van der Waals surface area contributed by atoms with E-state index in [4.69, 9.17) is 4.42 Å². The lowest BCUT2D eigenvalue weighted by molar-refractivity contribution is -0.0399. The molecule has 13 rings (SSSR count). The van der Waals surface area contributed by atoms with Gasteiger partial charge >= 0.3 is 0 Å². The Morgan fingerprint density at radius 2 is 1.04 bits per heavy atom. The van der Waals surface area contributed by atoms with E-state index in [-0.39, 0.29) is 5.41 Å². The number of nitrogens with zero attached hydrogens (tertiary/aromatic N) is 1. The van der Waals surface area contributed by atoms with E-state index in [1.165, 1.54) is 71.2 Å². The monoisotopic (exact) mass is 695 g/mol. The van der Waals surface area contributed by atoms with Gasteiger partial charge in [0.05, 0.1) is 0 Å². The van der Waals surface area contributed by atoms with Gasteiger partial charge in [0.25, 0.3) is 0 Å². The molecule has 0 radical (unpaired) electrons. The minimum absolute atomic E-state index is 0.0954. The molecule has 7 aromatic carbocycles. The number of furan rings is 1. The molecule has 0 amide bonds. The minimum Gasteiger partial charge on any atom is -0.456 e. The number of benzene rings is 7. The number of para-hydroxylation sites is 1. The summed E-state index contributed by atoms with van der Waals surface area (Å²) in [7, 11) is 0. The van der Waals surface area contributed by atoms with Crippen molar-refractivity contribution in [3.05, 3.63) is 175 Å². The van der Waals surface area contributed by atoms with E-state index < -0.39 is 0 Å². The van der Waals surface area contributed by atoms with E-state index in [0.717, 1.165) is 45.1 Å². The maximum Gasteiger partial charge on any atom is 0.135 e. The molecule has 8 aromatic rings. The average molecular weight is 696 g/mol. The molecule has 2 heteroatoms. The summed E-state index contributed by atoms with van der Waals surface area (Å²) in [4.78, 5) is 2.46. The first kappa shape index (κ1) is 30.6. The Balaban J connectivity index is 1.09. The standard InChI is InChI=1S/C52H41NO/c1-3-10-35(11-4-1)36-18-20-40(21-19-36)53(42-23-25-50-45(31-42)44-14-7-8-17-49(44)54-50)41-22-24-47-46(32-41)51-43(37-12-5-2-6-13-37)15-9-16-48(51)52(47)38-27-33-26-34(29-38)30-39(52)28-33/h1-25,31-34,38-39H,26-30H2. The number of hydrogen-bond acceptors (Lipinski definition) is 2. The molecule has 0 N–H and O–H groups in total. The highest BCUT2D eigenvalue weighted by Crippen LogP contribution is 2.70. The van der Waals surface area contributed by atoms with E-state index in [1.54, 1.807) is 11.1 Å². The Labute approximate surface area is 316 Å². The molecule has 1 aromatic heterocycles. The van der Waals surface area contributed by atoms with Gasteiger partial charge in [-0.25, -0.2) is 0 Å². The summed E-state index contributed by atoms with van der Waals surface area (Å²) >= 11 is 0. The Morgan fingerprint density at radius 1 is 0.426 bits per heavy atom. The molecule has 5 aliphatic rings. The third kappa shape index (κ3) is 4.34. The van der Waals surface area contributed by atoms with Crippen molar-refractivity contribution in [2.24, 2.45) is 23.7 Å². The summed E-state index contributed by atoms with van der Waals surface area (Å²) in [6.07, 6.45) is 6.97. The second-order valence-corrected chi connectivity index (χ2v) is 16.5. The Kier molecular flexibility index (Phi) is 6.55. The Morgan fingerprint density at radius 3 is 1.80 bits per heavy atom. The van der Waals surface area contributed by atoms with E-state index in [0.29, 0.717) is 11.8 Å². The molecular formula is C52H41NO. The molecule has 1 heterocycles. The highest BCUT2D eigenvalue weighted by atomic mass is 16.3. The molecule has 0 unspecified atom stereocenters. The van der Waals surface area contributed by atoms with Crippen LogP contribution >= 0.6 is 0 Å². The predicted octanol–water partition coefficient (Wildman–Crippen LogP) is 14.1. The van der Waals surface area contributed by atoms with Crippen molar-refractivity contribution in [3.8, 4) is 33.4 Å². The molecule has 5 aliphatic carbocycles. The van der Waals surface area contributed by atoms with Gasteiger partial charge in [0.2, 0.25) is 0 Å². The van der Waals surface area contributed by atoms with Crippen LogP contribution in [0.25, 0.3) is 55.3 Å². The van der Waals surface area contributed by atoms with Crippen LogP contribution in [0.4, 0.5) is 17.1 Å². The van der Waals surface area contributed by atoms with Gasteiger partial charge < -0.3 is 9.32 Å². The molecule has 0 aliphatic heterocycles. The predicted molar refractivity (Wildman–Crippen MR) is 223 cm³/mol. The number of rotatable bonds is 5. The van der Waals surface area contributed by atoms with E-state index in [2.05, 4.69) is 169 Å². The van der Waals surface area contributed by atoms with Crippen molar-refractivity contribution in [1.82, 2.24) is 0 Å². The van der Waals surface area contributed by atoms with Crippen LogP contribution in [-0.2, 0) is 5.41 Å². The van der Waals surface area contributed by atoms with Gasteiger partial charge in [-0.2, -0.15) is 0 Å². The summed E-state index contributed by atoms with van der Waals surface area (Å²) in [6, 6.07) is 60.8. The highest BCUT2D eigenvalue weighted by molar-refractivity contribution is 6.06. The number of anilines is 3. The summed E-state index contributed by atoms with van der Waals surface area (Å²) in [6.45, 7) is 0. The second-order valence-electron chi connectivity index (χ2n) is 16.5. The van der Waals surface area contributed by atoms with E-state index in [1.807, 2.05) is 0 Å². The lowest BCUT2D eigenvalue weighted by Gasteiger charge is -2.61. The zero-order valence-electron chi connectivity index (χ0n) is 30.3. The topological polar surface area (TPSA) is 16.4 Å². The fourth-order valence-electron chi connectivity index (χ4n) is 12.0. The van der Waals surface area contributed by atoms with Crippen LogP contribution < -0.4 is 4.90 Å². The van der Waals surface area contributed by atoms with Crippen molar-refractivity contribution >= 4 is 39.0 Å². The number of fused-ring (bicyclic) bond motifs is 6.